The molecule has 1 fully saturated rings. The van der Waals surface area contributed by atoms with Crippen LogP contribution in [-0.4, -0.2) is 29.3 Å². The van der Waals surface area contributed by atoms with Gasteiger partial charge in [-0.2, -0.15) is 0 Å². The summed E-state index contributed by atoms with van der Waals surface area (Å²) in [7, 11) is 0. The van der Waals surface area contributed by atoms with E-state index < -0.39 is 11.7 Å². The predicted molar refractivity (Wildman–Crippen MR) is 103 cm³/mol. The van der Waals surface area contributed by atoms with Gasteiger partial charge in [0.15, 0.2) is 5.13 Å². The molecule has 1 saturated carbocycles. The maximum Gasteiger partial charge on any atom is 0.413 e. The van der Waals surface area contributed by atoms with E-state index in [-0.39, 0.29) is 5.97 Å². The molecule has 7 heteroatoms. The lowest BCUT2D eigenvalue weighted by Crippen LogP contribution is -2.27. The minimum Gasteiger partial charge on any atom is -0.462 e. The van der Waals surface area contributed by atoms with E-state index in [4.69, 9.17) is 9.47 Å². The zero-order valence-corrected chi connectivity index (χ0v) is 16.8. The van der Waals surface area contributed by atoms with E-state index in [9.17, 15) is 9.59 Å². The topological polar surface area (TPSA) is 77.5 Å². The van der Waals surface area contributed by atoms with Gasteiger partial charge in [0.1, 0.15) is 5.60 Å². The molecule has 26 heavy (non-hydrogen) atoms. The smallest absolute Gasteiger partial charge is 0.413 e. The van der Waals surface area contributed by atoms with Crippen LogP contribution in [0.2, 0.25) is 0 Å². The molecule has 6 nitrogen and oxygen atoms in total. The molecule has 1 aromatic rings. The number of ether oxygens (including phenoxy) is 2. The first kappa shape index (κ1) is 20.4. The molecular weight excluding hydrogens is 352 g/mol. The minimum absolute atomic E-state index is 0.312. The predicted octanol–water partition coefficient (Wildman–Crippen LogP) is 5.02. The van der Waals surface area contributed by atoms with Crippen LogP contribution in [0.3, 0.4) is 0 Å². The fraction of sp³-hybridized carbons (Fsp3) is 0.632. The number of nitrogens with one attached hydrogen (secondary N) is 1. The van der Waals surface area contributed by atoms with Crippen molar-refractivity contribution in [2.45, 2.75) is 65.4 Å². The van der Waals surface area contributed by atoms with Crippen molar-refractivity contribution >= 4 is 34.1 Å². The molecule has 2 rings (SSSR count). The highest BCUT2D eigenvalue weighted by molar-refractivity contribution is 7.14. The second-order valence-corrected chi connectivity index (χ2v) is 8.25. The minimum atomic E-state index is -0.582. The molecule has 0 aliphatic heterocycles. The molecule has 0 bridgehead atoms. The van der Waals surface area contributed by atoms with Crippen LogP contribution in [0.4, 0.5) is 9.93 Å². The molecule has 1 N–H and O–H groups in total. The lowest BCUT2D eigenvalue weighted by Gasteiger charge is -2.18. The Hall–Kier alpha value is -1.89. The van der Waals surface area contributed by atoms with Crippen molar-refractivity contribution in [3.63, 3.8) is 0 Å². The van der Waals surface area contributed by atoms with Gasteiger partial charge in [-0.3, -0.25) is 5.32 Å². The first-order valence-corrected chi connectivity index (χ1v) is 9.99. The third-order valence-corrected chi connectivity index (χ3v) is 4.77. The zero-order chi connectivity index (χ0) is 19.2. The van der Waals surface area contributed by atoms with Crippen LogP contribution in [0.25, 0.3) is 5.57 Å². The van der Waals surface area contributed by atoms with Crippen molar-refractivity contribution in [3.05, 3.63) is 17.2 Å². The highest BCUT2D eigenvalue weighted by Gasteiger charge is 2.21. The largest absolute Gasteiger partial charge is 0.462 e. The van der Waals surface area contributed by atoms with E-state index >= 15 is 0 Å². The van der Waals surface area contributed by atoms with Crippen molar-refractivity contribution in [1.82, 2.24) is 4.98 Å². The Kier molecular flexibility index (Phi) is 7.20. The summed E-state index contributed by atoms with van der Waals surface area (Å²) in [6.07, 6.45) is 7.14. The van der Waals surface area contributed by atoms with Crippen LogP contribution in [-0.2, 0) is 14.3 Å². The number of hydrogen-bond acceptors (Lipinski definition) is 6. The van der Waals surface area contributed by atoms with Crippen molar-refractivity contribution in [1.29, 1.82) is 0 Å². The highest BCUT2D eigenvalue weighted by Crippen LogP contribution is 2.30. The van der Waals surface area contributed by atoms with Crippen molar-refractivity contribution < 1.29 is 19.1 Å². The SMILES string of the molecule is CCOC(=O)/C(=C/CC1CCCC1)c1csc(NC(=O)OC(C)(C)C)n1. The molecule has 1 amide bonds. The summed E-state index contributed by atoms with van der Waals surface area (Å²) in [5, 5.41) is 4.76. The van der Waals surface area contributed by atoms with Crippen LogP contribution in [0.5, 0.6) is 0 Å². The van der Waals surface area contributed by atoms with Crippen LogP contribution < -0.4 is 5.32 Å². The van der Waals surface area contributed by atoms with Gasteiger partial charge in [-0.05, 0) is 40.0 Å². The van der Waals surface area contributed by atoms with Gasteiger partial charge in [-0.25, -0.2) is 14.6 Å². The van der Waals surface area contributed by atoms with E-state index in [0.29, 0.717) is 28.9 Å². The molecule has 0 radical (unpaired) electrons. The average molecular weight is 381 g/mol. The molecule has 1 heterocycles. The average Bonchev–Trinajstić information content (AvgIpc) is 3.18. The van der Waals surface area contributed by atoms with E-state index in [1.165, 1.54) is 37.0 Å². The van der Waals surface area contributed by atoms with E-state index in [0.717, 1.165) is 6.42 Å². The van der Waals surface area contributed by atoms with Gasteiger partial charge in [0, 0.05) is 5.38 Å². The van der Waals surface area contributed by atoms with Crippen LogP contribution in [0.1, 0.15) is 65.5 Å². The number of carbonyl (C=O) groups excluding carboxylic acids is 2. The van der Waals surface area contributed by atoms with Gasteiger partial charge in [0.2, 0.25) is 0 Å². The van der Waals surface area contributed by atoms with E-state index in [2.05, 4.69) is 10.3 Å². The summed E-state index contributed by atoms with van der Waals surface area (Å²) in [6, 6.07) is 0. The van der Waals surface area contributed by atoms with Gasteiger partial charge in [-0.15, -0.1) is 11.3 Å². The van der Waals surface area contributed by atoms with Crippen molar-refractivity contribution in [2.75, 3.05) is 11.9 Å². The maximum absolute atomic E-state index is 12.3. The summed E-state index contributed by atoms with van der Waals surface area (Å²) < 4.78 is 10.4. The second kappa shape index (κ2) is 9.16. The molecule has 0 saturated heterocycles. The summed E-state index contributed by atoms with van der Waals surface area (Å²) in [5.74, 6) is 0.247. The van der Waals surface area contributed by atoms with Gasteiger partial charge < -0.3 is 9.47 Å². The summed E-state index contributed by atoms with van der Waals surface area (Å²) >= 11 is 1.25. The number of rotatable bonds is 6. The summed E-state index contributed by atoms with van der Waals surface area (Å²) in [5.41, 5.74) is 0.409. The number of allylic oxidation sites excluding steroid dienone is 1. The fourth-order valence-corrected chi connectivity index (χ4v) is 3.57. The standard InChI is InChI=1S/C19H28N2O4S/c1-5-24-16(22)14(11-10-13-8-6-7-9-13)15-12-26-17(20-15)21-18(23)25-19(2,3)4/h11-13H,5-10H2,1-4H3,(H,20,21,23)/b14-11+. The molecule has 0 spiro atoms. The van der Waals surface area contributed by atoms with Gasteiger partial charge >= 0.3 is 12.1 Å². The number of anilines is 1. The summed E-state index contributed by atoms with van der Waals surface area (Å²) in [4.78, 5) is 28.6. The highest BCUT2D eigenvalue weighted by atomic mass is 32.1. The molecule has 1 aliphatic carbocycles. The molecule has 0 atom stereocenters. The van der Waals surface area contributed by atoms with Crippen molar-refractivity contribution in [3.8, 4) is 0 Å². The Bertz CT molecular complexity index is 655. The lowest BCUT2D eigenvalue weighted by molar-refractivity contribution is -0.136. The summed E-state index contributed by atoms with van der Waals surface area (Å²) in [6.45, 7) is 7.48. The first-order valence-electron chi connectivity index (χ1n) is 9.11. The maximum atomic E-state index is 12.3. The number of amides is 1. The molecule has 1 aliphatic rings. The normalized spacial score (nSPS) is 15.8. The number of carbonyl (C=O) groups is 2. The van der Waals surface area contributed by atoms with E-state index in [1.807, 2.05) is 6.08 Å². The first-order chi connectivity index (χ1) is 12.3. The molecule has 144 valence electrons. The Labute approximate surface area is 159 Å². The Morgan fingerprint density at radius 1 is 1.35 bits per heavy atom. The Balaban J connectivity index is 2.09. The van der Waals surface area contributed by atoms with E-state index in [1.54, 1.807) is 33.1 Å². The number of aromatic nitrogens is 1. The third-order valence-electron chi connectivity index (χ3n) is 4.01. The Morgan fingerprint density at radius 3 is 2.65 bits per heavy atom. The zero-order valence-electron chi connectivity index (χ0n) is 16.0. The number of nitrogens with zero attached hydrogens (tertiary/aromatic N) is 1. The molecule has 0 unspecified atom stereocenters. The van der Waals surface area contributed by atoms with Crippen LogP contribution >= 0.6 is 11.3 Å². The van der Waals surface area contributed by atoms with Gasteiger partial charge in [0.05, 0.1) is 17.9 Å². The number of thiazole rings is 1. The third kappa shape index (κ3) is 6.44. The molecule has 0 aromatic carbocycles. The molecular formula is C19H28N2O4S. The van der Waals surface area contributed by atoms with Gasteiger partial charge in [0.25, 0.3) is 0 Å². The quantitative estimate of drug-likeness (QED) is 0.554. The van der Waals surface area contributed by atoms with Crippen LogP contribution in [0.15, 0.2) is 11.5 Å². The Morgan fingerprint density at radius 2 is 2.04 bits per heavy atom. The second-order valence-electron chi connectivity index (χ2n) is 7.39. The monoisotopic (exact) mass is 380 g/mol. The molecule has 1 aromatic heterocycles. The van der Waals surface area contributed by atoms with Gasteiger partial charge in [-0.1, -0.05) is 31.8 Å². The van der Waals surface area contributed by atoms with Crippen molar-refractivity contribution in [2.24, 2.45) is 5.92 Å². The number of esters is 1. The lowest BCUT2D eigenvalue weighted by atomic mass is 10.0. The fourth-order valence-electron chi connectivity index (χ4n) is 2.88. The van der Waals surface area contributed by atoms with Crippen LogP contribution in [0, 0.1) is 5.92 Å². The number of hydrogen-bond donors (Lipinski definition) is 1.